The van der Waals surface area contributed by atoms with Crippen molar-refractivity contribution in [1.82, 2.24) is 0 Å². The van der Waals surface area contributed by atoms with E-state index in [2.05, 4.69) is 35.2 Å². The largest absolute Gasteiger partial charge is 0.497 e. The maximum Gasteiger partial charge on any atom is 0.137 e. The zero-order valence-corrected chi connectivity index (χ0v) is 16.6. The molecular weight excluding hydrogens is 360 g/mol. The standard InChI is InChI=1S/C25H24N2O2/c1-28-20-9-5-17(6-10-20)25-21-11-7-18(26)15-23(21)29-24-16-19(8-12-22(24)25)27-13-3-2-4-14-27/h5-12,15-16,26H,2-4,13-14H2,1H3. The van der Waals surface area contributed by atoms with Crippen LogP contribution in [0.5, 0.6) is 5.75 Å². The first-order valence-electron chi connectivity index (χ1n) is 10.2. The third-order valence-corrected chi connectivity index (χ3v) is 5.81. The number of hydrogen-bond acceptors (Lipinski definition) is 4. The maximum absolute atomic E-state index is 8.03. The van der Waals surface area contributed by atoms with Crippen LogP contribution < -0.4 is 15.0 Å². The van der Waals surface area contributed by atoms with Crippen LogP contribution in [0.25, 0.3) is 33.4 Å². The number of piperidine rings is 1. The summed E-state index contributed by atoms with van der Waals surface area (Å²) in [4.78, 5) is 2.44. The third kappa shape index (κ3) is 3.25. The van der Waals surface area contributed by atoms with Gasteiger partial charge in [0.1, 0.15) is 17.1 Å². The lowest BCUT2D eigenvalue weighted by Crippen LogP contribution is -2.29. The molecule has 0 amide bonds. The molecular formula is C25H24N2O2. The van der Waals surface area contributed by atoms with Crippen molar-refractivity contribution in [3.63, 3.8) is 0 Å². The summed E-state index contributed by atoms with van der Waals surface area (Å²) in [5.41, 5.74) is 5.33. The molecule has 2 aromatic rings. The highest BCUT2D eigenvalue weighted by Gasteiger charge is 2.19. The van der Waals surface area contributed by atoms with Crippen molar-refractivity contribution in [2.45, 2.75) is 19.3 Å². The lowest BCUT2D eigenvalue weighted by atomic mass is 9.93. The molecule has 3 aliphatic rings. The Morgan fingerprint density at radius 2 is 1.69 bits per heavy atom. The smallest absolute Gasteiger partial charge is 0.137 e. The molecule has 0 saturated carbocycles. The van der Waals surface area contributed by atoms with Gasteiger partial charge in [0, 0.05) is 47.4 Å². The van der Waals surface area contributed by atoms with Crippen LogP contribution in [0.4, 0.5) is 5.69 Å². The third-order valence-electron chi connectivity index (χ3n) is 5.81. The fourth-order valence-electron chi connectivity index (χ4n) is 4.30. The summed E-state index contributed by atoms with van der Waals surface area (Å²) in [7, 11) is 1.68. The molecule has 0 bridgehead atoms. The van der Waals surface area contributed by atoms with Gasteiger partial charge >= 0.3 is 0 Å². The Kier molecular flexibility index (Phi) is 4.47. The molecule has 2 heterocycles. The Morgan fingerprint density at radius 1 is 0.897 bits per heavy atom. The first-order valence-corrected chi connectivity index (χ1v) is 10.2. The molecule has 1 N–H and O–H groups in total. The summed E-state index contributed by atoms with van der Waals surface area (Å²) in [5, 5.41) is 9.57. The number of methoxy groups -OCH3 is 1. The molecule has 1 fully saturated rings. The van der Waals surface area contributed by atoms with Gasteiger partial charge in [0.25, 0.3) is 0 Å². The molecule has 0 spiro atoms. The van der Waals surface area contributed by atoms with Gasteiger partial charge in [-0.25, -0.2) is 0 Å². The number of ether oxygens (including phenoxy) is 1. The van der Waals surface area contributed by atoms with Crippen molar-refractivity contribution in [3.05, 3.63) is 66.0 Å². The van der Waals surface area contributed by atoms with Crippen LogP contribution in [-0.2, 0) is 0 Å². The lowest BCUT2D eigenvalue weighted by molar-refractivity contribution is 0.415. The van der Waals surface area contributed by atoms with Gasteiger partial charge in [-0.2, -0.15) is 0 Å². The van der Waals surface area contributed by atoms with Gasteiger partial charge in [0.05, 0.1) is 12.5 Å². The van der Waals surface area contributed by atoms with Crippen LogP contribution >= 0.6 is 0 Å². The molecule has 29 heavy (non-hydrogen) atoms. The normalized spacial score (nSPS) is 14.4. The van der Waals surface area contributed by atoms with E-state index in [1.54, 1.807) is 13.2 Å². The van der Waals surface area contributed by atoms with Crippen LogP contribution in [0.15, 0.2) is 65.1 Å². The SMILES string of the molecule is COc1ccc(-c2c3ccc(=N)cc-3oc3cc(N4CCCCC4)ccc23)cc1. The molecule has 4 nitrogen and oxygen atoms in total. The van der Waals surface area contributed by atoms with E-state index in [0.29, 0.717) is 5.36 Å². The Balaban J connectivity index is 1.74. The lowest BCUT2D eigenvalue weighted by Gasteiger charge is -2.29. The maximum atomic E-state index is 8.03. The Morgan fingerprint density at radius 3 is 2.45 bits per heavy atom. The molecule has 1 saturated heterocycles. The first kappa shape index (κ1) is 17.8. The topological polar surface area (TPSA) is 49.5 Å². The van der Waals surface area contributed by atoms with E-state index in [-0.39, 0.29) is 0 Å². The van der Waals surface area contributed by atoms with Gasteiger partial charge in [-0.15, -0.1) is 0 Å². The first-order chi connectivity index (χ1) is 14.2. The summed E-state index contributed by atoms with van der Waals surface area (Å²) >= 11 is 0. The van der Waals surface area contributed by atoms with Gasteiger partial charge < -0.3 is 19.5 Å². The Labute approximate surface area is 170 Å². The van der Waals surface area contributed by atoms with Crippen LogP contribution in [0, 0.1) is 5.41 Å². The number of benzene rings is 3. The van der Waals surface area contributed by atoms with E-state index in [4.69, 9.17) is 14.6 Å². The van der Waals surface area contributed by atoms with Crippen LogP contribution in [0.3, 0.4) is 0 Å². The van der Waals surface area contributed by atoms with Gasteiger partial charge in [-0.05, 0) is 61.2 Å². The second-order valence-electron chi connectivity index (χ2n) is 7.64. The van der Waals surface area contributed by atoms with Crippen LogP contribution in [0.1, 0.15) is 19.3 Å². The predicted molar refractivity (Wildman–Crippen MR) is 117 cm³/mol. The summed E-state index contributed by atoms with van der Waals surface area (Å²) in [6.45, 7) is 2.20. The molecule has 0 radical (unpaired) electrons. The number of rotatable bonds is 3. The number of fused-ring (bicyclic) bond motifs is 2. The zero-order valence-electron chi connectivity index (χ0n) is 16.6. The van der Waals surface area contributed by atoms with Crippen molar-refractivity contribution in [2.24, 2.45) is 0 Å². The highest BCUT2D eigenvalue weighted by Crippen LogP contribution is 2.41. The molecule has 5 rings (SSSR count). The van der Waals surface area contributed by atoms with Crippen molar-refractivity contribution >= 4 is 16.7 Å². The number of anilines is 1. The van der Waals surface area contributed by atoms with Crippen LogP contribution in [0.2, 0.25) is 0 Å². The molecule has 0 aromatic heterocycles. The van der Waals surface area contributed by atoms with Crippen molar-refractivity contribution in [3.8, 4) is 28.2 Å². The van der Waals surface area contributed by atoms with Crippen molar-refractivity contribution in [2.75, 3.05) is 25.1 Å². The van der Waals surface area contributed by atoms with E-state index in [1.165, 1.54) is 24.9 Å². The summed E-state index contributed by atoms with van der Waals surface area (Å²) in [6, 6.07) is 20.3. The Hall–Kier alpha value is -3.27. The second-order valence-corrected chi connectivity index (χ2v) is 7.64. The fraction of sp³-hybridized carbons (Fsp3) is 0.240. The van der Waals surface area contributed by atoms with E-state index in [9.17, 15) is 0 Å². The van der Waals surface area contributed by atoms with Gasteiger partial charge in [0.15, 0.2) is 0 Å². The highest BCUT2D eigenvalue weighted by molar-refractivity contribution is 6.02. The minimum atomic E-state index is 0.452. The zero-order chi connectivity index (χ0) is 19.8. The molecule has 2 aromatic carbocycles. The quantitative estimate of drug-likeness (QED) is 0.462. The van der Waals surface area contributed by atoms with E-state index in [0.717, 1.165) is 52.3 Å². The number of nitrogens with zero attached hydrogens (tertiary/aromatic N) is 1. The second kappa shape index (κ2) is 7.28. The predicted octanol–water partition coefficient (Wildman–Crippen LogP) is 5.68. The average Bonchev–Trinajstić information content (AvgIpc) is 2.77. The molecule has 0 atom stereocenters. The molecule has 146 valence electrons. The minimum absolute atomic E-state index is 0.452. The summed E-state index contributed by atoms with van der Waals surface area (Å²) < 4.78 is 11.6. The summed E-state index contributed by atoms with van der Waals surface area (Å²) in [6.07, 6.45) is 3.80. The van der Waals surface area contributed by atoms with Crippen molar-refractivity contribution < 1.29 is 9.15 Å². The van der Waals surface area contributed by atoms with Gasteiger partial charge in [0.2, 0.25) is 0 Å². The number of nitrogens with one attached hydrogen (secondary N) is 1. The molecule has 0 unspecified atom stereocenters. The van der Waals surface area contributed by atoms with Gasteiger partial charge in [-0.1, -0.05) is 12.1 Å². The Bertz CT molecular complexity index is 1190. The molecule has 4 heteroatoms. The van der Waals surface area contributed by atoms with Gasteiger partial charge in [-0.3, -0.25) is 0 Å². The fourth-order valence-corrected chi connectivity index (χ4v) is 4.30. The minimum Gasteiger partial charge on any atom is -0.497 e. The summed E-state index contributed by atoms with van der Waals surface area (Å²) in [5.74, 6) is 1.58. The van der Waals surface area contributed by atoms with Crippen LogP contribution in [-0.4, -0.2) is 20.2 Å². The monoisotopic (exact) mass is 384 g/mol. The van der Waals surface area contributed by atoms with E-state index >= 15 is 0 Å². The van der Waals surface area contributed by atoms with E-state index < -0.39 is 0 Å². The molecule has 1 aliphatic carbocycles. The highest BCUT2D eigenvalue weighted by atomic mass is 16.5. The molecule has 2 aliphatic heterocycles. The number of hydrogen-bond donors (Lipinski definition) is 1. The van der Waals surface area contributed by atoms with Crippen molar-refractivity contribution in [1.29, 1.82) is 5.41 Å². The average molecular weight is 384 g/mol. The van der Waals surface area contributed by atoms with E-state index in [1.807, 2.05) is 24.3 Å².